The van der Waals surface area contributed by atoms with E-state index in [4.69, 9.17) is 4.52 Å². The van der Waals surface area contributed by atoms with Crippen molar-refractivity contribution in [3.05, 3.63) is 36.0 Å². The fraction of sp³-hybridized carbons (Fsp3) is 0.400. The molecule has 0 aliphatic heterocycles. The number of benzene rings is 1. The molecule has 96 valence electrons. The molecule has 3 nitrogen and oxygen atoms in total. The highest BCUT2D eigenvalue weighted by atomic mass is 16.5. The van der Waals surface area contributed by atoms with Gasteiger partial charge in [-0.2, -0.15) is 0 Å². The molecule has 0 saturated heterocycles. The van der Waals surface area contributed by atoms with Crippen molar-refractivity contribution in [2.45, 2.75) is 39.0 Å². The Labute approximate surface area is 107 Å². The van der Waals surface area contributed by atoms with E-state index in [-0.39, 0.29) is 0 Å². The summed E-state index contributed by atoms with van der Waals surface area (Å²) in [6.45, 7) is 5.86. The molecular weight excluding hydrogens is 226 g/mol. The Morgan fingerprint density at radius 2 is 2.22 bits per heavy atom. The minimum Gasteiger partial charge on any atom is -0.507 e. The molecule has 0 amide bonds. The summed E-state index contributed by atoms with van der Waals surface area (Å²) in [6, 6.07) is 3.81. The molecule has 3 heteroatoms. The second-order valence-electron chi connectivity index (χ2n) is 4.53. The third-order valence-corrected chi connectivity index (χ3v) is 3.15. The maximum absolute atomic E-state index is 10.3. The van der Waals surface area contributed by atoms with Crippen molar-refractivity contribution in [2.24, 2.45) is 0 Å². The maximum Gasteiger partial charge on any atom is 0.170 e. The smallest absolute Gasteiger partial charge is 0.170 e. The number of aromatic hydroxyl groups is 1. The Balaban J connectivity index is 2.35. The quantitative estimate of drug-likeness (QED) is 0.618. The van der Waals surface area contributed by atoms with Gasteiger partial charge < -0.3 is 9.63 Å². The normalized spacial score (nSPS) is 10.9. The van der Waals surface area contributed by atoms with Gasteiger partial charge in [-0.15, -0.1) is 6.58 Å². The molecule has 1 aromatic carbocycles. The van der Waals surface area contributed by atoms with E-state index in [0.29, 0.717) is 17.8 Å². The molecule has 0 aliphatic rings. The summed E-state index contributed by atoms with van der Waals surface area (Å²) in [5.41, 5.74) is 2.38. The van der Waals surface area contributed by atoms with E-state index in [2.05, 4.69) is 18.7 Å². The summed E-state index contributed by atoms with van der Waals surface area (Å²) in [6.07, 6.45) is 6.73. The van der Waals surface area contributed by atoms with E-state index in [1.807, 2.05) is 12.1 Å². The van der Waals surface area contributed by atoms with Crippen LogP contribution in [0.3, 0.4) is 0 Å². The van der Waals surface area contributed by atoms with Gasteiger partial charge in [0.2, 0.25) is 0 Å². The minimum absolute atomic E-state index is 0.321. The van der Waals surface area contributed by atoms with Crippen LogP contribution >= 0.6 is 0 Å². The Bertz CT molecular complexity index is 543. The van der Waals surface area contributed by atoms with Gasteiger partial charge in [0.15, 0.2) is 5.58 Å². The van der Waals surface area contributed by atoms with Crippen LogP contribution in [-0.2, 0) is 12.8 Å². The van der Waals surface area contributed by atoms with Crippen molar-refractivity contribution in [3.8, 4) is 5.75 Å². The number of hydrogen-bond donors (Lipinski definition) is 1. The van der Waals surface area contributed by atoms with E-state index in [9.17, 15) is 5.11 Å². The first kappa shape index (κ1) is 12.7. The van der Waals surface area contributed by atoms with Crippen LogP contribution in [-0.4, -0.2) is 10.3 Å². The lowest BCUT2D eigenvalue weighted by molar-refractivity contribution is 0.448. The van der Waals surface area contributed by atoms with Gasteiger partial charge in [0.05, 0.1) is 11.1 Å². The highest BCUT2D eigenvalue weighted by molar-refractivity contribution is 5.87. The molecule has 0 fully saturated rings. The molecule has 0 radical (unpaired) electrons. The fourth-order valence-electron chi connectivity index (χ4n) is 2.16. The van der Waals surface area contributed by atoms with E-state index >= 15 is 0 Å². The lowest BCUT2D eigenvalue weighted by atomic mass is 10.0. The molecule has 0 atom stereocenters. The predicted octanol–water partition coefficient (Wildman–Crippen LogP) is 3.99. The molecule has 2 rings (SSSR count). The van der Waals surface area contributed by atoms with Gasteiger partial charge in [-0.3, -0.25) is 0 Å². The van der Waals surface area contributed by atoms with Crippen molar-refractivity contribution in [3.63, 3.8) is 0 Å². The average Bonchev–Trinajstić information content (AvgIpc) is 2.77. The third kappa shape index (κ3) is 2.40. The largest absolute Gasteiger partial charge is 0.507 e. The van der Waals surface area contributed by atoms with E-state index in [1.165, 1.54) is 12.8 Å². The summed E-state index contributed by atoms with van der Waals surface area (Å²) in [5, 5.41) is 15.0. The summed E-state index contributed by atoms with van der Waals surface area (Å²) in [5.74, 6) is 0.321. The van der Waals surface area contributed by atoms with Crippen LogP contribution in [0, 0.1) is 0 Å². The first-order valence-electron chi connectivity index (χ1n) is 6.48. The number of phenols is 1. The van der Waals surface area contributed by atoms with E-state index < -0.39 is 0 Å². The number of hydrogen-bond acceptors (Lipinski definition) is 3. The Kier molecular flexibility index (Phi) is 4.03. The van der Waals surface area contributed by atoms with Crippen LogP contribution in [0.1, 0.15) is 37.4 Å². The lowest BCUT2D eigenvalue weighted by Gasteiger charge is -2.05. The number of aromatic nitrogens is 1. The van der Waals surface area contributed by atoms with Gasteiger partial charge in [-0.05, 0) is 24.5 Å². The van der Waals surface area contributed by atoms with E-state index in [1.54, 1.807) is 6.08 Å². The van der Waals surface area contributed by atoms with Crippen LogP contribution in [0.2, 0.25) is 0 Å². The highest BCUT2D eigenvalue weighted by Crippen LogP contribution is 2.32. The maximum atomic E-state index is 10.3. The third-order valence-electron chi connectivity index (χ3n) is 3.15. The van der Waals surface area contributed by atoms with E-state index in [0.717, 1.165) is 29.5 Å². The zero-order valence-electron chi connectivity index (χ0n) is 10.8. The Hall–Kier alpha value is -1.77. The molecule has 2 aromatic rings. The van der Waals surface area contributed by atoms with Crippen LogP contribution in [0.4, 0.5) is 0 Å². The molecule has 1 aromatic heterocycles. The Morgan fingerprint density at radius 3 is 2.94 bits per heavy atom. The van der Waals surface area contributed by atoms with Crippen molar-refractivity contribution in [1.82, 2.24) is 5.16 Å². The summed E-state index contributed by atoms with van der Waals surface area (Å²) >= 11 is 0. The molecule has 0 saturated carbocycles. The van der Waals surface area contributed by atoms with Crippen LogP contribution in [0.15, 0.2) is 29.3 Å². The molecule has 1 N–H and O–H groups in total. The lowest BCUT2D eigenvalue weighted by Crippen LogP contribution is -1.88. The van der Waals surface area contributed by atoms with Crippen LogP contribution < -0.4 is 0 Å². The van der Waals surface area contributed by atoms with Crippen LogP contribution in [0.5, 0.6) is 5.75 Å². The standard InChI is InChI=1S/C15H19NO2/c1-3-5-6-8-11-9-10-13-14(15(11)17)12(7-4-2)16-18-13/h4,9-10,17H,2-3,5-8H2,1H3. The summed E-state index contributed by atoms with van der Waals surface area (Å²) in [4.78, 5) is 0. The monoisotopic (exact) mass is 245 g/mol. The van der Waals surface area contributed by atoms with Gasteiger partial charge in [0, 0.05) is 6.42 Å². The van der Waals surface area contributed by atoms with Crippen LogP contribution in [0.25, 0.3) is 11.0 Å². The van der Waals surface area contributed by atoms with Crippen molar-refractivity contribution in [2.75, 3.05) is 0 Å². The SMILES string of the molecule is C=CCc1noc2ccc(CCCCC)c(O)c12. The zero-order chi connectivity index (χ0) is 13.0. The number of nitrogens with zero attached hydrogens (tertiary/aromatic N) is 1. The number of rotatable bonds is 6. The second-order valence-corrected chi connectivity index (χ2v) is 4.53. The molecule has 0 bridgehead atoms. The van der Waals surface area contributed by atoms with Crippen molar-refractivity contribution < 1.29 is 9.63 Å². The molecule has 0 aliphatic carbocycles. The highest BCUT2D eigenvalue weighted by Gasteiger charge is 2.14. The molecule has 0 unspecified atom stereocenters. The summed E-state index contributed by atoms with van der Waals surface area (Å²) in [7, 11) is 0. The molecule has 1 heterocycles. The topological polar surface area (TPSA) is 46.3 Å². The molecule has 18 heavy (non-hydrogen) atoms. The van der Waals surface area contributed by atoms with Gasteiger partial charge >= 0.3 is 0 Å². The first-order chi connectivity index (χ1) is 8.77. The fourth-order valence-corrected chi connectivity index (χ4v) is 2.16. The van der Waals surface area contributed by atoms with Crippen molar-refractivity contribution >= 4 is 11.0 Å². The van der Waals surface area contributed by atoms with Crippen molar-refractivity contribution in [1.29, 1.82) is 0 Å². The van der Waals surface area contributed by atoms with Gasteiger partial charge in [-0.25, -0.2) is 0 Å². The number of aryl methyl sites for hydroxylation is 1. The predicted molar refractivity (Wildman–Crippen MR) is 72.8 cm³/mol. The number of allylic oxidation sites excluding steroid dienone is 1. The molecular formula is C15H19NO2. The second kappa shape index (κ2) is 5.71. The first-order valence-corrected chi connectivity index (χ1v) is 6.48. The average molecular weight is 245 g/mol. The molecule has 0 spiro atoms. The van der Waals surface area contributed by atoms with Gasteiger partial charge in [-0.1, -0.05) is 37.1 Å². The van der Waals surface area contributed by atoms with Gasteiger partial charge in [0.25, 0.3) is 0 Å². The summed E-state index contributed by atoms with van der Waals surface area (Å²) < 4.78 is 5.21. The minimum atomic E-state index is 0.321. The number of fused-ring (bicyclic) bond motifs is 1. The van der Waals surface area contributed by atoms with Gasteiger partial charge in [0.1, 0.15) is 5.75 Å². The number of unbranched alkanes of at least 4 members (excludes halogenated alkanes) is 2. The number of phenolic OH excluding ortho intramolecular Hbond substituents is 1. The zero-order valence-corrected chi connectivity index (χ0v) is 10.8. The Morgan fingerprint density at radius 1 is 1.39 bits per heavy atom.